The Labute approximate surface area is 111 Å². The molecule has 0 bridgehead atoms. The zero-order valence-electron chi connectivity index (χ0n) is 11.0. The molecule has 19 heavy (non-hydrogen) atoms. The maximum absolute atomic E-state index is 11.4. The van der Waals surface area contributed by atoms with Crippen LogP contribution in [0, 0.1) is 5.41 Å². The largest absolute Gasteiger partial charge is 0.497 e. The van der Waals surface area contributed by atoms with Gasteiger partial charge in [0.25, 0.3) is 0 Å². The third-order valence-corrected chi connectivity index (χ3v) is 3.42. The molecule has 1 aromatic carbocycles. The number of carbonyl (C=O) groups is 2. The number of hydrogen-bond acceptors (Lipinski definition) is 3. The van der Waals surface area contributed by atoms with Gasteiger partial charge < -0.3 is 9.84 Å². The van der Waals surface area contributed by atoms with Crippen molar-refractivity contribution in [1.29, 1.82) is 0 Å². The monoisotopic (exact) mass is 260 g/mol. The average Bonchev–Trinajstić information content (AvgIpc) is 2.37. The van der Waals surface area contributed by atoms with Gasteiger partial charge in [0.2, 0.25) is 5.78 Å². The van der Waals surface area contributed by atoms with Gasteiger partial charge in [-0.3, -0.25) is 4.79 Å². The van der Waals surface area contributed by atoms with Crippen LogP contribution < -0.4 is 4.74 Å². The SMILES string of the molecule is COc1ccc2c(c1)C=CC(C)(CC(=O)C(=O)O)C2. The van der Waals surface area contributed by atoms with Crippen LogP contribution in [-0.4, -0.2) is 24.0 Å². The number of benzene rings is 1. The number of Topliss-reactive ketones (excluding diaryl/α,β-unsaturated/α-hetero) is 1. The number of ketones is 1. The van der Waals surface area contributed by atoms with Gasteiger partial charge in [0.1, 0.15) is 5.75 Å². The minimum Gasteiger partial charge on any atom is -0.497 e. The second kappa shape index (κ2) is 4.88. The molecule has 1 aliphatic rings. The lowest BCUT2D eigenvalue weighted by atomic mass is 9.74. The highest BCUT2D eigenvalue weighted by atomic mass is 16.5. The van der Waals surface area contributed by atoms with Crippen molar-refractivity contribution in [2.75, 3.05) is 7.11 Å². The summed E-state index contributed by atoms with van der Waals surface area (Å²) < 4.78 is 5.16. The second-order valence-corrected chi connectivity index (χ2v) is 5.13. The lowest BCUT2D eigenvalue weighted by molar-refractivity contribution is -0.149. The van der Waals surface area contributed by atoms with Crippen molar-refractivity contribution < 1.29 is 19.4 Å². The lowest BCUT2D eigenvalue weighted by Crippen LogP contribution is -2.27. The van der Waals surface area contributed by atoms with Gasteiger partial charge in [-0.25, -0.2) is 4.79 Å². The van der Waals surface area contributed by atoms with Crippen molar-refractivity contribution in [3.63, 3.8) is 0 Å². The molecule has 0 aromatic heterocycles. The third kappa shape index (κ3) is 2.84. The Kier molecular flexibility index (Phi) is 3.42. The molecular weight excluding hydrogens is 244 g/mol. The van der Waals surface area contributed by atoms with Gasteiger partial charge in [-0.2, -0.15) is 0 Å². The predicted octanol–water partition coefficient (Wildman–Crippen LogP) is 2.31. The summed E-state index contributed by atoms with van der Waals surface area (Å²) in [6.07, 6.45) is 4.51. The first-order valence-electron chi connectivity index (χ1n) is 6.06. The van der Waals surface area contributed by atoms with E-state index in [2.05, 4.69) is 0 Å². The molecule has 0 heterocycles. The van der Waals surface area contributed by atoms with Gasteiger partial charge in [0.15, 0.2) is 0 Å². The summed E-state index contributed by atoms with van der Waals surface area (Å²) in [5.41, 5.74) is 1.72. The van der Waals surface area contributed by atoms with Gasteiger partial charge in [-0.15, -0.1) is 0 Å². The highest BCUT2D eigenvalue weighted by Gasteiger charge is 2.30. The van der Waals surface area contributed by atoms with Crippen LogP contribution in [0.25, 0.3) is 6.08 Å². The summed E-state index contributed by atoms with van der Waals surface area (Å²) in [4.78, 5) is 22.0. The predicted molar refractivity (Wildman–Crippen MR) is 71.1 cm³/mol. The Morgan fingerprint density at radius 2 is 2.16 bits per heavy atom. The van der Waals surface area contributed by atoms with E-state index in [-0.39, 0.29) is 6.42 Å². The van der Waals surface area contributed by atoms with Crippen LogP contribution in [0.3, 0.4) is 0 Å². The summed E-state index contributed by atoms with van der Waals surface area (Å²) in [5, 5.41) is 8.70. The van der Waals surface area contributed by atoms with E-state index in [1.807, 2.05) is 37.3 Å². The Morgan fingerprint density at radius 3 is 2.79 bits per heavy atom. The van der Waals surface area contributed by atoms with Crippen molar-refractivity contribution in [3.8, 4) is 5.75 Å². The minimum absolute atomic E-state index is 0.0182. The van der Waals surface area contributed by atoms with Crippen LogP contribution in [0.1, 0.15) is 24.5 Å². The Balaban J connectivity index is 2.23. The molecular formula is C15H16O4. The molecule has 0 saturated heterocycles. The van der Waals surface area contributed by atoms with E-state index in [9.17, 15) is 9.59 Å². The molecule has 2 rings (SSSR count). The molecule has 1 unspecified atom stereocenters. The fourth-order valence-electron chi connectivity index (χ4n) is 2.36. The normalized spacial score (nSPS) is 20.7. The van der Waals surface area contributed by atoms with Gasteiger partial charge in [-0.1, -0.05) is 25.1 Å². The quantitative estimate of drug-likeness (QED) is 0.844. The van der Waals surface area contributed by atoms with E-state index in [0.717, 1.165) is 16.9 Å². The van der Waals surface area contributed by atoms with Crippen LogP contribution >= 0.6 is 0 Å². The molecule has 4 nitrogen and oxygen atoms in total. The van der Waals surface area contributed by atoms with Crippen molar-refractivity contribution >= 4 is 17.8 Å². The topological polar surface area (TPSA) is 63.6 Å². The second-order valence-electron chi connectivity index (χ2n) is 5.13. The molecule has 4 heteroatoms. The van der Waals surface area contributed by atoms with Gasteiger partial charge in [0.05, 0.1) is 7.11 Å². The number of methoxy groups -OCH3 is 1. The molecule has 0 amide bonds. The fraction of sp³-hybridized carbons (Fsp3) is 0.333. The van der Waals surface area contributed by atoms with Gasteiger partial charge in [0, 0.05) is 6.42 Å². The molecule has 1 atom stereocenters. The molecule has 1 N–H and O–H groups in total. The molecule has 100 valence electrons. The highest BCUT2D eigenvalue weighted by Crippen LogP contribution is 2.36. The Bertz CT molecular complexity index is 559. The van der Waals surface area contributed by atoms with Crippen molar-refractivity contribution in [3.05, 3.63) is 35.4 Å². The summed E-state index contributed by atoms with van der Waals surface area (Å²) in [6.45, 7) is 1.90. The number of rotatable bonds is 4. The van der Waals surface area contributed by atoms with Crippen molar-refractivity contribution in [1.82, 2.24) is 0 Å². The van der Waals surface area contributed by atoms with Gasteiger partial charge in [-0.05, 0) is 35.1 Å². The smallest absolute Gasteiger partial charge is 0.372 e. The molecule has 0 aliphatic heterocycles. The molecule has 1 aromatic rings. The number of carboxylic acid groups (broad SMARTS) is 1. The number of ether oxygens (including phenoxy) is 1. The summed E-state index contributed by atoms with van der Waals surface area (Å²) in [6, 6.07) is 5.77. The molecule has 1 aliphatic carbocycles. The number of aliphatic carboxylic acids is 1. The maximum Gasteiger partial charge on any atom is 0.372 e. The standard InChI is InChI=1S/C15H16O4/c1-15(9-13(16)14(17)18)6-5-10-7-12(19-2)4-3-11(10)8-15/h3-7H,8-9H2,1-2H3,(H,17,18). The van der Waals surface area contributed by atoms with Crippen LogP contribution in [0.4, 0.5) is 0 Å². The van der Waals surface area contributed by atoms with Gasteiger partial charge >= 0.3 is 5.97 Å². The molecule has 0 saturated carbocycles. The summed E-state index contributed by atoms with van der Waals surface area (Å²) in [7, 11) is 1.61. The number of carboxylic acids is 1. The van der Waals surface area contributed by atoms with Crippen LogP contribution in [0.5, 0.6) is 5.75 Å². The molecule has 0 fully saturated rings. The first-order chi connectivity index (χ1) is 8.93. The minimum atomic E-state index is -1.37. The van der Waals surface area contributed by atoms with E-state index >= 15 is 0 Å². The molecule has 0 radical (unpaired) electrons. The number of hydrogen-bond donors (Lipinski definition) is 1. The van der Waals surface area contributed by atoms with E-state index in [0.29, 0.717) is 6.42 Å². The zero-order valence-corrected chi connectivity index (χ0v) is 11.0. The number of fused-ring (bicyclic) bond motifs is 1. The highest BCUT2D eigenvalue weighted by molar-refractivity contribution is 6.32. The van der Waals surface area contributed by atoms with E-state index in [4.69, 9.17) is 9.84 Å². The zero-order chi connectivity index (χ0) is 14.0. The van der Waals surface area contributed by atoms with E-state index < -0.39 is 17.2 Å². The van der Waals surface area contributed by atoms with E-state index in [1.54, 1.807) is 7.11 Å². The maximum atomic E-state index is 11.4. The Morgan fingerprint density at radius 1 is 1.42 bits per heavy atom. The van der Waals surface area contributed by atoms with Crippen LogP contribution in [0.15, 0.2) is 24.3 Å². The van der Waals surface area contributed by atoms with Crippen molar-refractivity contribution in [2.24, 2.45) is 5.41 Å². The molecule has 0 spiro atoms. The fourth-order valence-corrected chi connectivity index (χ4v) is 2.36. The summed E-state index contributed by atoms with van der Waals surface area (Å²) in [5.74, 6) is -1.33. The average molecular weight is 260 g/mol. The lowest BCUT2D eigenvalue weighted by Gasteiger charge is -2.29. The third-order valence-electron chi connectivity index (χ3n) is 3.42. The van der Waals surface area contributed by atoms with E-state index in [1.165, 1.54) is 0 Å². The van der Waals surface area contributed by atoms with Crippen LogP contribution in [0.2, 0.25) is 0 Å². The number of carbonyl (C=O) groups excluding carboxylic acids is 1. The van der Waals surface area contributed by atoms with Crippen molar-refractivity contribution in [2.45, 2.75) is 19.8 Å². The van der Waals surface area contributed by atoms with Crippen LogP contribution in [-0.2, 0) is 16.0 Å². The Hall–Kier alpha value is -2.10. The first kappa shape index (κ1) is 13.3. The summed E-state index contributed by atoms with van der Waals surface area (Å²) >= 11 is 0. The first-order valence-corrected chi connectivity index (χ1v) is 6.06. The number of allylic oxidation sites excluding steroid dienone is 1.